The first-order chi connectivity index (χ1) is 8.50. The zero-order chi connectivity index (χ0) is 13.3. The highest BCUT2D eigenvalue weighted by atomic mass is 79.9. The summed E-state index contributed by atoms with van der Waals surface area (Å²) in [6.45, 7) is 4.20. The first-order valence-electron chi connectivity index (χ1n) is 5.77. The van der Waals surface area contributed by atoms with Crippen LogP contribution in [0.25, 0.3) is 0 Å². The van der Waals surface area contributed by atoms with Gasteiger partial charge in [0.25, 0.3) is 0 Å². The maximum atomic E-state index is 6.33. The van der Waals surface area contributed by atoms with Gasteiger partial charge in [-0.15, -0.1) is 0 Å². The van der Waals surface area contributed by atoms with E-state index < -0.39 is 0 Å². The van der Waals surface area contributed by atoms with Gasteiger partial charge in [-0.1, -0.05) is 35.9 Å². The Kier molecular flexibility index (Phi) is 4.10. The minimum Gasteiger partial charge on any atom is -0.320 e. The lowest BCUT2D eigenvalue weighted by Gasteiger charge is -2.17. The average Bonchev–Trinajstić information content (AvgIpc) is 2.35. The van der Waals surface area contributed by atoms with E-state index in [4.69, 9.17) is 17.3 Å². The molecule has 0 aromatic heterocycles. The molecule has 1 atom stereocenters. The van der Waals surface area contributed by atoms with Crippen LogP contribution in [0.5, 0.6) is 0 Å². The van der Waals surface area contributed by atoms with E-state index in [2.05, 4.69) is 41.9 Å². The van der Waals surface area contributed by atoms with E-state index in [1.807, 2.05) is 24.3 Å². The summed E-state index contributed by atoms with van der Waals surface area (Å²) in [4.78, 5) is 0. The number of benzene rings is 2. The molecule has 0 amide bonds. The van der Waals surface area contributed by atoms with E-state index in [1.54, 1.807) is 0 Å². The fraction of sp³-hybridized carbons (Fsp3) is 0.200. The number of hydrogen-bond donors (Lipinski definition) is 1. The second-order valence-corrected chi connectivity index (χ2v) is 5.70. The van der Waals surface area contributed by atoms with Crippen molar-refractivity contribution in [3.63, 3.8) is 0 Å². The van der Waals surface area contributed by atoms with E-state index in [9.17, 15) is 0 Å². The molecule has 2 aromatic rings. The van der Waals surface area contributed by atoms with Gasteiger partial charge in [-0.3, -0.25) is 0 Å². The van der Waals surface area contributed by atoms with Crippen molar-refractivity contribution in [3.05, 3.63) is 68.1 Å². The largest absolute Gasteiger partial charge is 0.320 e. The highest BCUT2D eigenvalue weighted by Gasteiger charge is 2.13. The van der Waals surface area contributed by atoms with Crippen molar-refractivity contribution in [2.45, 2.75) is 19.9 Å². The Morgan fingerprint density at radius 1 is 1.17 bits per heavy atom. The summed E-state index contributed by atoms with van der Waals surface area (Å²) < 4.78 is 0.890. The Balaban J connectivity index is 2.44. The highest BCUT2D eigenvalue weighted by Crippen LogP contribution is 2.29. The van der Waals surface area contributed by atoms with Gasteiger partial charge >= 0.3 is 0 Å². The lowest BCUT2D eigenvalue weighted by atomic mass is 9.93. The predicted molar refractivity (Wildman–Crippen MR) is 81.1 cm³/mol. The van der Waals surface area contributed by atoms with E-state index in [0.717, 1.165) is 15.6 Å². The highest BCUT2D eigenvalue weighted by molar-refractivity contribution is 9.10. The van der Waals surface area contributed by atoms with Crippen LogP contribution in [-0.2, 0) is 0 Å². The van der Waals surface area contributed by atoms with Crippen molar-refractivity contribution < 1.29 is 0 Å². The van der Waals surface area contributed by atoms with Crippen LogP contribution >= 0.6 is 27.5 Å². The molecule has 3 heteroatoms. The molecule has 2 rings (SSSR count). The molecule has 2 aromatic carbocycles. The topological polar surface area (TPSA) is 26.0 Å². The van der Waals surface area contributed by atoms with Crippen LogP contribution in [0.15, 0.2) is 40.9 Å². The molecule has 0 aliphatic rings. The summed E-state index contributed by atoms with van der Waals surface area (Å²) in [6.07, 6.45) is 0. The molecule has 1 unspecified atom stereocenters. The fourth-order valence-corrected chi connectivity index (χ4v) is 2.43. The molecule has 94 valence electrons. The van der Waals surface area contributed by atoms with E-state index >= 15 is 0 Å². The Morgan fingerprint density at radius 3 is 2.56 bits per heavy atom. The van der Waals surface area contributed by atoms with Crippen LogP contribution in [0.1, 0.15) is 28.3 Å². The van der Waals surface area contributed by atoms with Gasteiger partial charge in [-0.25, -0.2) is 0 Å². The van der Waals surface area contributed by atoms with Gasteiger partial charge < -0.3 is 5.73 Å². The van der Waals surface area contributed by atoms with E-state index in [-0.39, 0.29) is 6.04 Å². The Labute approximate surface area is 121 Å². The number of rotatable bonds is 2. The van der Waals surface area contributed by atoms with Gasteiger partial charge in [-0.2, -0.15) is 0 Å². The molecule has 0 saturated carbocycles. The van der Waals surface area contributed by atoms with Crippen molar-refractivity contribution in [2.75, 3.05) is 0 Å². The van der Waals surface area contributed by atoms with Gasteiger partial charge in [0.2, 0.25) is 0 Å². The number of nitrogens with two attached hydrogens (primary N) is 1. The summed E-state index contributed by atoms with van der Waals surface area (Å²) in [5.74, 6) is 0. The second-order valence-electron chi connectivity index (χ2n) is 4.44. The smallest absolute Gasteiger partial charge is 0.0554 e. The monoisotopic (exact) mass is 323 g/mol. The maximum absolute atomic E-state index is 6.33. The molecular formula is C15H15BrClN. The molecule has 1 nitrogen and oxygen atoms in total. The Hall–Kier alpha value is -0.830. The Bertz CT molecular complexity index is 581. The maximum Gasteiger partial charge on any atom is 0.0554 e. The van der Waals surface area contributed by atoms with Crippen molar-refractivity contribution in [1.82, 2.24) is 0 Å². The molecule has 0 aliphatic heterocycles. The fourth-order valence-electron chi connectivity index (χ4n) is 2.00. The van der Waals surface area contributed by atoms with Crippen LogP contribution in [-0.4, -0.2) is 0 Å². The summed E-state index contributed by atoms with van der Waals surface area (Å²) >= 11 is 9.50. The molecule has 0 bridgehead atoms. The van der Waals surface area contributed by atoms with Crippen molar-refractivity contribution in [3.8, 4) is 0 Å². The molecule has 2 N–H and O–H groups in total. The van der Waals surface area contributed by atoms with Gasteiger partial charge in [0.1, 0.15) is 0 Å². The summed E-state index contributed by atoms with van der Waals surface area (Å²) in [5, 5.41) is 0.688. The van der Waals surface area contributed by atoms with Crippen molar-refractivity contribution in [1.29, 1.82) is 0 Å². The lowest BCUT2D eigenvalue weighted by molar-refractivity contribution is 0.858. The molecule has 0 fully saturated rings. The predicted octanol–water partition coefficient (Wildman–Crippen LogP) is 4.77. The third-order valence-electron chi connectivity index (χ3n) is 3.28. The summed E-state index contributed by atoms with van der Waals surface area (Å²) in [6, 6.07) is 11.9. The molecule has 0 radical (unpaired) electrons. The summed E-state index contributed by atoms with van der Waals surface area (Å²) in [5.41, 5.74) is 11.0. The zero-order valence-corrected chi connectivity index (χ0v) is 12.7. The van der Waals surface area contributed by atoms with Crippen LogP contribution in [0.2, 0.25) is 5.02 Å². The average molecular weight is 325 g/mol. The van der Waals surface area contributed by atoms with Gasteiger partial charge in [0, 0.05) is 4.47 Å². The summed E-state index contributed by atoms with van der Waals surface area (Å²) in [7, 11) is 0. The standard InChI is InChI=1S/C15H15BrClN/c1-9-4-3-5-12(10(9)2)15(18)11-6-7-13(16)14(17)8-11/h3-8,15H,18H2,1-2H3. The first-order valence-corrected chi connectivity index (χ1v) is 6.94. The molecule has 0 aliphatic carbocycles. The van der Waals surface area contributed by atoms with Crippen LogP contribution in [0.4, 0.5) is 0 Å². The third kappa shape index (κ3) is 2.61. The van der Waals surface area contributed by atoms with E-state index in [1.165, 1.54) is 11.1 Å². The van der Waals surface area contributed by atoms with Gasteiger partial charge in [0.05, 0.1) is 11.1 Å². The second kappa shape index (κ2) is 5.43. The molecule has 0 heterocycles. The number of hydrogen-bond acceptors (Lipinski definition) is 1. The van der Waals surface area contributed by atoms with Crippen molar-refractivity contribution in [2.24, 2.45) is 5.73 Å². The molecule has 0 saturated heterocycles. The van der Waals surface area contributed by atoms with E-state index in [0.29, 0.717) is 5.02 Å². The SMILES string of the molecule is Cc1cccc(C(N)c2ccc(Br)c(Cl)c2)c1C. The lowest BCUT2D eigenvalue weighted by Crippen LogP contribution is -2.13. The van der Waals surface area contributed by atoms with Crippen LogP contribution < -0.4 is 5.73 Å². The quantitative estimate of drug-likeness (QED) is 0.846. The first kappa shape index (κ1) is 13.6. The number of halogens is 2. The molecule has 0 spiro atoms. The normalized spacial score (nSPS) is 12.5. The third-order valence-corrected chi connectivity index (χ3v) is 4.52. The van der Waals surface area contributed by atoms with Gasteiger partial charge in [-0.05, 0) is 64.2 Å². The molecule has 18 heavy (non-hydrogen) atoms. The number of aryl methyl sites for hydroxylation is 1. The molecular weight excluding hydrogens is 310 g/mol. The van der Waals surface area contributed by atoms with Gasteiger partial charge in [0.15, 0.2) is 0 Å². The minimum atomic E-state index is -0.143. The Morgan fingerprint density at radius 2 is 1.89 bits per heavy atom. The minimum absolute atomic E-state index is 0.143. The van der Waals surface area contributed by atoms with Crippen LogP contribution in [0, 0.1) is 13.8 Å². The van der Waals surface area contributed by atoms with Crippen LogP contribution in [0.3, 0.4) is 0 Å². The zero-order valence-electron chi connectivity index (χ0n) is 10.4. The van der Waals surface area contributed by atoms with Crippen molar-refractivity contribution >= 4 is 27.5 Å².